The summed E-state index contributed by atoms with van der Waals surface area (Å²) < 4.78 is 16.2. The molecule has 2 aliphatic rings. The van der Waals surface area contributed by atoms with Crippen molar-refractivity contribution in [3.63, 3.8) is 0 Å². The largest absolute Gasteiger partial charge is 0.513 e. The lowest BCUT2D eigenvalue weighted by Crippen LogP contribution is -2.51. The van der Waals surface area contributed by atoms with Gasteiger partial charge in [-0.1, -0.05) is 23.8 Å². The van der Waals surface area contributed by atoms with Gasteiger partial charge in [0.15, 0.2) is 5.76 Å². The molecule has 1 N–H and O–H groups in total. The molecule has 6 heteroatoms. The molecule has 0 saturated carbocycles. The minimum absolute atomic E-state index is 0.0525. The molecule has 0 aromatic heterocycles. The first-order chi connectivity index (χ1) is 12.4. The van der Waals surface area contributed by atoms with E-state index in [1.54, 1.807) is 6.92 Å². The van der Waals surface area contributed by atoms with Crippen LogP contribution in [-0.2, 0) is 19.0 Å². The molecule has 0 bridgehead atoms. The summed E-state index contributed by atoms with van der Waals surface area (Å²) in [6.07, 6.45) is 0.247. The van der Waals surface area contributed by atoms with Crippen molar-refractivity contribution in [2.45, 2.75) is 52.2 Å². The Morgan fingerprint density at radius 2 is 2.15 bits per heavy atom. The quantitative estimate of drug-likeness (QED) is 0.839. The first kappa shape index (κ1) is 18.5. The summed E-state index contributed by atoms with van der Waals surface area (Å²) in [5.74, 6) is 0.119. The van der Waals surface area contributed by atoms with Crippen LogP contribution in [0.3, 0.4) is 0 Å². The Hall–Kier alpha value is -2.34. The van der Waals surface area contributed by atoms with E-state index in [1.165, 1.54) is 0 Å². The van der Waals surface area contributed by atoms with Crippen molar-refractivity contribution >= 4 is 17.6 Å². The van der Waals surface area contributed by atoms with Gasteiger partial charge in [-0.25, -0.2) is 4.79 Å². The zero-order chi connectivity index (χ0) is 18.9. The average Bonchev–Trinajstić information content (AvgIpc) is 2.79. The van der Waals surface area contributed by atoms with E-state index in [2.05, 4.69) is 5.32 Å². The predicted octanol–water partition coefficient (Wildman–Crippen LogP) is 3.26. The molecule has 1 fully saturated rings. The highest BCUT2D eigenvalue weighted by atomic mass is 16.7. The molecule has 1 aromatic rings. The summed E-state index contributed by atoms with van der Waals surface area (Å²) in [6.45, 7) is 8.30. The number of ether oxygens (including phenoxy) is 3. The van der Waals surface area contributed by atoms with Crippen molar-refractivity contribution < 1.29 is 23.8 Å². The Bertz CT molecular complexity index is 769. The molecule has 1 amide bonds. The third kappa shape index (κ3) is 3.33. The van der Waals surface area contributed by atoms with Crippen molar-refractivity contribution in [2.24, 2.45) is 0 Å². The average molecular weight is 359 g/mol. The number of nitrogens with one attached hydrogen (secondary N) is 1. The zero-order valence-electron chi connectivity index (χ0n) is 15.7. The number of hydrogen-bond acceptors (Lipinski definition) is 5. The van der Waals surface area contributed by atoms with Crippen LogP contribution in [0.4, 0.5) is 4.79 Å². The molecule has 0 radical (unpaired) electrons. The van der Waals surface area contributed by atoms with Crippen LogP contribution in [0, 0.1) is 13.8 Å². The lowest BCUT2D eigenvalue weighted by Gasteiger charge is -2.37. The van der Waals surface area contributed by atoms with Gasteiger partial charge in [0.1, 0.15) is 5.54 Å². The fourth-order valence-electron chi connectivity index (χ4n) is 3.80. The van der Waals surface area contributed by atoms with Crippen LogP contribution < -0.4 is 5.32 Å². The Kier molecular flexibility index (Phi) is 5.05. The van der Waals surface area contributed by atoms with E-state index in [0.29, 0.717) is 30.8 Å². The summed E-state index contributed by atoms with van der Waals surface area (Å²) in [5.41, 5.74) is 2.49. The van der Waals surface area contributed by atoms with Crippen LogP contribution in [0.15, 0.2) is 24.0 Å². The highest BCUT2D eigenvalue weighted by molar-refractivity contribution is 6.23. The third-order valence-electron chi connectivity index (χ3n) is 4.91. The van der Waals surface area contributed by atoms with Gasteiger partial charge in [0.25, 0.3) is 5.91 Å². The number of rotatable bonds is 3. The van der Waals surface area contributed by atoms with E-state index in [0.717, 1.165) is 16.7 Å². The summed E-state index contributed by atoms with van der Waals surface area (Å²) >= 11 is 0. The van der Waals surface area contributed by atoms with Crippen molar-refractivity contribution in [1.29, 1.82) is 0 Å². The van der Waals surface area contributed by atoms with E-state index < -0.39 is 11.7 Å². The van der Waals surface area contributed by atoms with Crippen LogP contribution in [0.25, 0.3) is 5.57 Å². The van der Waals surface area contributed by atoms with Crippen molar-refractivity contribution in [1.82, 2.24) is 5.32 Å². The minimum Gasteiger partial charge on any atom is -0.434 e. The monoisotopic (exact) mass is 359 g/mol. The molecule has 3 rings (SSSR count). The predicted molar refractivity (Wildman–Crippen MR) is 96.5 cm³/mol. The molecule has 26 heavy (non-hydrogen) atoms. The first-order valence-corrected chi connectivity index (χ1v) is 8.97. The number of hydrogen-bond donors (Lipinski definition) is 1. The van der Waals surface area contributed by atoms with Gasteiger partial charge in [0.2, 0.25) is 0 Å². The van der Waals surface area contributed by atoms with Crippen molar-refractivity contribution in [2.75, 3.05) is 13.2 Å². The van der Waals surface area contributed by atoms with E-state index in [9.17, 15) is 9.59 Å². The number of amides is 1. The third-order valence-corrected chi connectivity index (χ3v) is 4.91. The normalized spacial score (nSPS) is 25.4. The maximum Gasteiger partial charge on any atom is 0.513 e. The molecule has 1 aromatic carbocycles. The summed E-state index contributed by atoms with van der Waals surface area (Å²) in [7, 11) is 0. The minimum atomic E-state index is -0.792. The summed E-state index contributed by atoms with van der Waals surface area (Å²) in [6, 6.07) is 5.85. The maximum absolute atomic E-state index is 12.9. The Labute approximate surface area is 153 Å². The SMILES string of the molecule is CCOC(=O)OC1=C(c2ccc(C)cc2C)C(=O)NC12CCOC(C)C2. The van der Waals surface area contributed by atoms with Crippen LogP contribution in [-0.4, -0.2) is 36.9 Å². The van der Waals surface area contributed by atoms with E-state index in [-0.39, 0.29) is 18.6 Å². The molecular formula is C20H25NO5. The van der Waals surface area contributed by atoms with Gasteiger partial charge in [-0.2, -0.15) is 0 Å². The van der Waals surface area contributed by atoms with Gasteiger partial charge in [0, 0.05) is 19.4 Å². The second-order valence-electron chi connectivity index (χ2n) is 6.98. The second kappa shape index (κ2) is 7.11. The second-order valence-corrected chi connectivity index (χ2v) is 6.98. The number of carbonyl (C=O) groups is 2. The van der Waals surface area contributed by atoms with E-state index >= 15 is 0 Å². The van der Waals surface area contributed by atoms with Crippen molar-refractivity contribution in [3.8, 4) is 0 Å². The molecule has 1 spiro atoms. The number of benzene rings is 1. The topological polar surface area (TPSA) is 73.9 Å². The van der Waals surface area contributed by atoms with Gasteiger partial charge < -0.3 is 19.5 Å². The van der Waals surface area contributed by atoms with E-state index in [4.69, 9.17) is 14.2 Å². The summed E-state index contributed by atoms with van der Waals surface area (Å²) in [5, 5.41) is 3.06. The van der Waals surface area contributed by atoms with Crippen LogP contribution >= 0.6 is 0 Å². The molecule has 6 nitrogen and oxygen atoms in total. The molecule has 2 unspecified atom stereocenters. The van der Waals surface area contributed by atoms with Gasteiger partial charge >= 0.3 is 6.16 Å². The van der Waals surface area contributed by atoms with Gasteiger partial charge in [-0.15, -0.1) is 0 Å². The number of aryl methyl sites for hydroxylation is 2. The fraction of sp³-hybridized carbons (Fsp3) is 0.500. The molecule has 2 atom stereocenters. The van der Waals surface area contributed by atoms with Crippen molar-refractivity contribution in [3.05, 3.63) is 40.6 Å². The van der Waals surface area contributed by atoms with Crippen LogP contribution in [0.2, 0.25) is 0 Å². The molecular weight excluding hydrogens is 334 g/mol. The highest BCUT2D eigenvalue weighted by Crippen LogP contribution is 2.42. The van der Waals surface area contributed by atoms with Crippen LogP contribution in [0.5, 0.6) is 0 Å². The molecule has 2 aliphatic heterocycles. The Balaban J connectivity index is 2.12. The van der Waals surface area contributed by atoms with E-state index in [1.807, 2.05) is 39.0 Å². The molecule has 1 saturated heterocycles. The summed E-state index contributed by atoms with van der Waals surface area (Å²) in [4.78, 5) is 25.0. The first-order valence-electron chi connectivity index (χ1n) is 8.97. The van der Waals surface area contributed by atoms with Gasteiger partial charge in [-0.05, 0) is 38.8 Å². The molecule has 2 heterocycles. The maximum atomic E-state index is 12.9. The Morgan fingerprint density at radius 1 is 1.38 bits per heavy atom. The molecule has 0 aliphatic carbocycles. The van der Waals surface area contributed by atoms with Gasteiger partial charge in [-0.3, -0.25) is 4.79 Å². The smallest absolute Gasteiger partial charge is 0.434 e. The molecule has 140 valence electrons. The number of carbonyl (C=O) groups excluding carboxylic acids is 2. The highest BCUT2D eigenvalue weighted by Gasteiger charge is 2.50. The lowest BCUT2D eigenvalue weighted by atomic mass is 9.84. The standard InChI is InChI=1S/C20H25NO5/c1-5-24-19(23)26-17-16(15-7-6-12(2)10-13(15)3)18(22)21-20(17)8-9-25-14(4)11-20/h6-7,10,14H,5,8-9,11H2,1-4H3,(H,21,22). The Morgan fingerprint density at radius 3 is 2.81 bits per heavy atom. The zero-order valence-corrected chi connectivity index (χ0v) is 15.7. The van der Waals surface area contributed by atoms with Crippen LogP contribution in [0.1, 0.15) is 43.4 Å². The fourth-order valence-corrected chi connectivity index (χ4v) is 3.80. The lowest BCUT2D eigenvalue weighted by molar-refractivity contribution is -0.117. The van der Waals surface area contributed by atoms with Gasteiger partial charge in [0.05, 0.1) is 18.3 Å².